The van der Waals surface area contributed by atoms with Gasteiger partial charge in [-0.3, -0.25) is 19.5 Å². The summed E-state index contributed by atoms with van der Waals surface area (Å²) in [6.45, 7) is 6.00. The Kier molecular flexibility index (Phi) is 5.66. The number of rotatable bonds is 5. The molecule has 172 valence electrons. The number of carbonyl (C=O) groups excluding carboxylic acids is 1. The van der Waals surface area contributed by atoms with Crippen molar-refractivity contribution in [1.82, 2.24) is 19.8 Å². The van der Waals surface area contributed by atoms with Crippen LogP contribution in [0.4, 0.5) is 0 Å². The molecule has 3 aliphatic rings. The summed E-state index contributed by atoms with van der Waals surface area (Å²) in [5.74, 6) is -0.288. The van der Waals surface area contributed by atoms with Crippen LogP contribution in [0.5, 0.6) is 5.75 Å². The van der Waals surface area contributed by atoms with Gasteiger partial charge in [-0.2, -0.15) is 0 Å². The van der Waals surface area contributed by atoms with E-state index in [2.05, 4.69) is 14.9 Å². The second-order valence-corrected chi connectivity index (χ2v) is 9.49. The van der Waals surface area contributed by atoms with Crippen molar-refractivity contribution in [3.05, 3.63) is 70.3 Å². The first-order valence-corrected chi connectivity index (χ1v) is 11.8. The largest absolute Gasteiger partial charge is 0.506 e. The van der Waals surface area contributed by atoms with Crippen LogP contribution in [0.25, 0.3) is 10.9 Å². The molecule has 3 fully saturated rings. The first-order valence-electron chi connectivity index (χ1n) is 11.8. The van der Waals surface area contributed by atoms with Crippen molar-refractivity contribution in [2.75, 3.05) is 13.1 Å². The van der Waals surface area contributed by atoms with Crippen LogP contribution in [0.3, 0.4) is 0 Å². The molecule has 0 spiro atoms. The summed E-state index contributed by atoms with van der Waals surface area (Å²) < 4.78 is 0. The number of aromatic nitrogens is 2. The summed E-state index contributed by atoms with van der Waals surface area (Å²) in [5, 5.41) is 11.4. The first-order chi connectivity index (χ1) is 16.0. The van der Waals surface area contributed by atoms with Gasteiger partial charge in [0, 0.05) is 35.8 Å². The number of carbonyl (C=O) groups is 1. The van der Waals surface area contributed by atoms with Gasteiger partial charge in [0.1, 0.15) is 11.3 Å². The lowest BCUT2D eigenvalue weighted by Gasteiger charge is -2.55. The number of aromatic amines is 1. The highest BCUT2D eigenvalue weighted by molar-refractivity contribution is 6.02. The van der Waals surface area contributed by atoms with Gasteiger partial charge in [0.25, 0.3) is 11.5 Å². The van der Waals surface area contributed by atoms with E-state index in [9.17, 15) is 14.7 Å². The third-order valence-electron chi connectivity index (χ3n) is 7.29. The second-order valence-electron chi connectivity index (χ2n) is 9.49. The quantitative estimate of drug-likeness (QED) is 0.628. The van der Waals surface area contributed by atoms with Gasteiger partial charge in [0.15, 0.2) is 0 Å². The molecule has 3 saturated heterocycles. The van der Waals surface area contributed by atoms with Gasteiger partial charge in [-0.05, 0) is 70.0 Å². The molecule has 1 aromatic carbocycles. The molecule has 0 radical (unpaired) electrons. The number of para-hydroxylation sites is 1. The van der Waals surface area contributed by atoms with Gasteiger partial charge in [0.2, 0.25) is 0 Å². The number of hydrogen-bond acceptors (Lipinski definition) is 5. The molecule has 1 amide bonds. The normalized spacial score (nSPS) is 24.3. The van der Waals surface area contributed by atoms with Gasteiger partial charge in [0.05, 0.1) is 11.6 Å². The lowest BCUT2D eigenvalue weighted by Crippen LogP contribution is -2.66. The molecule has 2 atom stereocenters. The number of benzene rings is 1. The zero-order valence-electron chi connectivity index (χ0n) is 19.1. The standard InChI is InChI=1S/C26H30N4O3/c1-16(2)30(26(33)22-24(31)19-8-3-4-9-20(19)28-25(22)32)23-17-10-13-29(14-11-17)21(23)15-18-7-5-6-12-27-18/h3-9,12,16-17,21,23H,10-11,13-15H2,1-2H3,(H2,28,31,32). The van der Waals surface area contributed by atoms with Crippen molar-refractivity contribution in [1.29, 1.82) is 0 Å². The van der Waals surface area contributed by atoms with Crippen molar-refractivity contribution >= 4 is 16.8 Å². The number of amides is 1. The SMILES string of the molecule is CC(C)N(C(=O)c1c(O)c2ccccc2[nH]c1=O)C1C2CCN(CC2)C1Cc1ccccn1. The predicted molar refractivity (Wildman–Crippen MR) is 127 cm³/mol. The minimum absolute atomic E-state index is 0.0488. The summed E-state index contributed by atoms with van der Waals surface area (Å²) in [7, 11) is 0. The maximum Gasteiger partial charge on any atom is 0.265 e. The molecule has 6 rings (SSSR count). The third kappa shape index (κ3) is 3.80. The van der Waals surface area contributed by atoms with Crippen molar-refractivity contribution < 1.29 is 9.90 Å². The van der Waals surface area contributed by atoms with Crippen LogP contribution in [0.15, 0.2) is 53.5 Å². The van der Waals surface area contributed by atoms with Crippen molar-refractivity contribution in [2.24, 2.45) is 5.92 Å². The van der Waals surface area contributed by atoms with E-state index in [-0.39, 0.29) is 29.4 Å². The van der Waals surface area contributed by atoms with E-state index in [1.165, 1.54) is 0 Å². The summed E-state index contributed by atoms with van der Waals surface area (Å²) in [5.41, 5.74) is 0.797. The van der Waals surface area contributed by atoms with E-state index >= 15 is 0 Å². The smallest absolute Gasteiger partial charge is 0.265 e. The van der Waals surface area contributed by atoms with Crippen molar-refractivity contribution in [2.45, 2.75) is 51.2 Å². The molecule has 2 N–H and O–H groups in total. The van der Waals surface area contributed by atoms with Crippen molar-refractivity contribution in [3.8, 4) is 5.75 Å². The molecular formula is C26H30N4O3. The zero-order chi connectivity index (χ0) is 23.1. The van der Waals surface area contributed by atoms with E-state index in [4.69, 9.17) is 0 Å². The van der Waals surface area contributed by atoms with E-state index < -0.39 is 11.5 Å². The lowest BCUT2D eigenvalue weighted by atomic mass is 9.75. The Bertz CT molecular complexity index is 1220. The van der Waals surface area contributed by atoms with Crippen molar-refractivity contribution in [3.63, 3.8) is 0 Å². The number of aromatic hydroxyl groups is 1. The van der Waals surface area contributed by atoms with E-state index in [1.54, 1.807) is 30.5 Å². The molecule has 3 aromatic rings. The number of fused-ring (bicyclic) bond motifs is 4. The molecule has 33 heavy (non-hydrogen) atoms. The van der Waals surface area contributed by atoms with Gasteiger partial charge in [-0.25, -0.2) is 0 Å². The number of piperidine rings is 3. The number of nitrogens with zero attached hydrogens (tertiary/aromatic N) is 3. The Morgan fingerprint density at radius 2 is 1.91 bits per heavy atom. The molecule has 5 heterocycles. The maximum absolute atomic E-state index is 14.0. The molecule has 2 aromatic heterocycles. The molecule has 7 heteroatoms. The topological polar surface area (TPSA) is 89.5 Å². The molecule has 3 aliphatic heterocycles. The van der Waals surface area contributed by atoms with Gasteiger partial charge in [-0.1, -0.05) is 18.2 Å². The molecule has 0 aliphatic carbocycles. The average molecular weight is 447 g/mol. The van der Waals surface area contributed by atoms with E-state index in [1.807, 2.05) is 36.9 Å². The van der Waals surface area contributed by atoms with Gasteiger partial charge < -0.3 is 15.0 Å². The zero-order valence-corrected chi connectivity index (χ0v) is 19.1. The number of H-pyrrole nitrogens is 1. The highest BCUT2D eigenvalue weighted by Gasteiger charge is 2.47. The molecule has 0 saturated carbocycles. The molecule has 2 unspecified atom stereocenters. The predicted octanol–water partition coefficient (Wildman–Crippen LogP) is 3.18. The second kappa shape index (κ2) is 8.63. The first kappa shape index (κ1) is 21.6. The summed E-state index contributed by atoms with van der Waals surface area (Å²) in [6.07, 6.45) is 4.61. The minimum Gasteiger partial charge on any atom is -0.506 e. The summed E-state index contributed by atoms with van der Waals surface area (Å²) in [4.78, 5) is 38.5. The fourth-order valence-electron chi connectivity index (χ4n) is 5.79. The van der Waals surface area contributed by atoms with Gasteiger partial charge in [-0.15, -0.1) is 0 Å². The Morgan fingerprint density at radius 1 is 1.18 bits per heavy atom. The van der Waals surface area contributed by atoms with Crippen LogP contribution < -0.4 is 5.56 Å². The third-order valence-corrected chi connectivity index (χ3v) is 7.29. The van der Waals surface area contributed by atoms with Crippen LogP contribution in [-0.4, -0.2) is 62.0 Å². The van der Waals surface area contributed by atoms with Crippen LogP contribution in [0.1, 0.15) is 42.7 Å². The van der Waals surface area contributed by atoms with Gasteiger partial charge >= 0.3 is 0 Å². The summed E-state index contributed by atoms with van der Waals surface area (Å²) in [6, 6.07) is 12.9. The monoisotopic (exact) mass is 446 g/mol. The van der Waals surface area contributed by atoms with Crippen LogP contribution >= 0.6 is 0 Å². The van der Waals surface area contributed by atoms with Crippen LogP contribution in [0.2, 0.25) is 0 Å². The lowest BCUT2D eigenvalue weighted by molar-refractivity contribution is -0.0439. The Hall–Kier alpha value is -3.19. The minimum atomic E-state index is -0.551. The molecule has 2 bridgehead atoms. The highest BCUT2D eigenvalue weighted by atomic mass is 16.3. The number of hydrogen-bond donors (Lipinski definition) is 2. The molecular weight excluding hydrogens is 416 g/mol. The number of pyridine rings is 2. The summed E-state index contributed by atoms with van der Waals surface area (Å²) >= 11 is 0. The fraction of sp³-hybridized carbons (Fsp3) is 0.423. The maximum atomic E-state index is 14.0. The van der Waals surface area contributed by atoms with E-state index in [0.717, 1.165) is 38.0 Å². The van der Waals surface area contributed by atoms with Crippen LogP contribution in [-0.2, 0) is 6.42 Å². The highest BCUT2D eigenvalue weighted by Crippen LogP contribution is 2.39. The Labute approximate surface area is 193 Å². The fourth-order valence-corrected chi connectivity index (χ4v) is 5.79. The van der Waals surface area contributed by atoms with E-state index in [0.29, 0.717) is 16.8 Å². The molecule has 7 nitrogen and oxygen atoms in total. The Morgan fingerprint density at radius 3 is 2.61 bits per heavy atom. The number of nitrogens with one attached hydrogen (secondary N) is 1. The van der Waals surface area contributed by atoms with Crippen LogP contribution in [0, 0.1) is 5.92 Å². The Balaban J connectivity index is 1.57. The average Bonchev–Trinajstić information content (AvgIpc) is 2.81.